The molecule has 0 spiro atoms. The van der Waals surface area contributed by atoms with Crippen LogP contribution in [0.3, 0.4) is 0 Å². The summed E-state index contributed by atoms with van der Waals surface area (Å²) in [5.74, 6) is 0.308. The fraction of sp³-hybridized carbons (Fsp3) is 0.650. The van der Waals surface area contributed by atoms with Gasteiger partial charge in [0.1, 0.15) is 0 Å². The molecule has 0 unspecified atom stereocenters. The average molecular weight is 383 g/mol. The van der Waals surface area contributed by atoms with E-state index in [0.29, 0.717) is 5.69 Å². The second-order valence-corrected chi connectivity index (χ2v) is 7.87. The summed E-state index contributed by atoms with van der Waals surface area (Å²) in [4.78, 5) is 15.0. The molecular formula is C20H28F3N3O. The molecule has 0 aromatic heterocycles. The van der Waals surface area contributed by atoms with Gasteiger partial charge in [-0.2, -0.15) is 13.2 Å². The molecule has 27 heavy (non-hydrogen) atoms. The molecule has 7 heteroatoms. The first-order valence-corrected chi connectivity index (χ1v) is 9.72. The summed E-state index contributed by atoms with van der Waals surface area (Å²) in [7, 11) is 0. The Kier molecular flexibility index (Phi) is 5.99. The molecule has 2 N–H and O–H groups in total. The highest BCUT2D eigenvalue weighted by Crippen LogP contribution is 2.32. The van der Waals surface area contributed by atoms with E-state index in [4.69, 9.17) is 0 Å². The van der Waals surface area contributed by atoms with Crippen molar-refractivity contribution in [2.45, 2.75) is 63.8 Å². The van der Waals surface area contributed by atoms with E-state index < -0.39 is 11.7 Å². The van der Waals surface area contributed by atoms with Gasteiger partial charge in [-0.15, -0.1) is 0 Å². The van der Waals surface area contributed by atoms with Crippen LogP contribution in [0.2, 0.25) is 0 Å². The van der Waals surface area contributed by atoms with Crippen molar-refractivity contribution in [2.24, 2.45) is 5.92 Å². The molecule has 2 fully saturated rings. The lowest BCUT2D eigenvalue weighted by Crippen LogP contribution is -2.58. The number of amides is 1. The number of rotatable bonds is 3. The maximum absolute atomic E-state index is 12.9. The van der Waals surface area contributed by atoms with Gasteiger partial charge in [-0.25, -0.2) is 0 Å². The molecule has 1 aromatic carbocycles. The van der Waals surface area contributed by atoms with Gasteiger partial charge in [-0.05, 0) is 63.8 Å². The largest absolute Gasteiger partial charge is 0.416 e. The van der Waals surface area contributed by atoms with Gasteiger partial charge < -0.3 is 15.5 Å². The van der Waals surface area contributed by atoms with E-state index in [1.807, 2.05) is 4.90 Å². The Morgan fingerprint density at radius 1 is 1.04 bits per heavy atom. The van der Waals surface area contributed by atoms with Crippen molar-refractivity contribution in [1.82, 2.24) is 10.2 Å². The minimum Gasteiger partial charge on any atom is -0.382 e. The van der Waals surface area contributed by atoms with Gasteiger partial charge in [0.15, 0.2) is 0 Å². The van der Waals surface area contributed by atoms with Gasteiger partial charge in [0, 0.05) is 42.8 Å². The monoisotopic (exact) mass is 383 g/mol. The van der Waals surface area contributed by atoms with Gasteiger partial charge in [0.05, 0.1) is 5.56 Å². The van der Waals surface area contributed by atoms with Gasteiger partial charge >= 0.3 is 6.18 Å². The highest BCUT2D eigenvalue weighted by molar-refractivity contribution is 5.79. The minimum atomic E-state index is -4.31. The number of hydrogen-bond donors (Lipinski definition) is 2. The van der Waals surface area contributed by atoms with Gasteiger partial charge in [0.2, 0.25) is 5.91 Å². The molecule has 0 radical (unpaired) electrons. The van der Waals surface area contributed by atoms with Crippen LogP contribution in [0.5, 0.6) is 0 Å². The zero-order chi connectivity index (χ0) is 19.6. The first kappa shape index (κ1) is 20.0. The summed E-state index contributed by atoms with van der Waals surface area (Å²) in [6, 6.07) is 5.78. The van der Waals surface area contributed by atoms with Gasteiger partial charge in [-0.3, -0.25) is 4.79 Å². The predicted molar refractivity (Wildman–Crippen MR) is 99.5 cm³/mol. The zero-order valence-corrected chi connectivity index (χ0v) is 15.9. The first-order chi connectivity index (χ1) is 12.8. The van der Waals surface area contributed by atoms with Crippen molar-refractivity contribution in [3.8, 4) is 0 Å². The number of piperazine rings is 1. The van der Waals surface area contributed by atoms with E-state index in [-0.39, 0.29) is 30.0 Å². The Labute approximate surface area is 158 Å². The van der Waals surface area contributed by atoms with Crippen molar-refractivity contribution in [3.05, 3.63) is 29.8 Å². The molecular weight excluding hydrogens is 355 g/mol. The summed E-state index contributed by atoms with van der Waals surface area (Å²) >= 11 is 0. The van der Waals surface area contributed by atoms with Crippen LogP contribution in [-0.2, 0) is 11.0 Å². The number of nitrogens with zero attached hydrogens (tertiary/aromatic N) is 1. The van der Waals surface area contributed by atoms with Crippen LogP contribution < -0.4 is 10.6 Å². The topological polar surface area (TPSA) is 44.4 Å². The lowest BCUT2D eigenvalue weighted by molar-refractivity contribution is -0.142. The molecule has 1 saturated carbocycles. The van der Waals surface area contributed by atoms with Gasteiger partial charge in [0.25, 0.3) is 0 Å². The molecule has 2 atom stereocenters. The maximum atomic E-state index is 12.9. The van der Waals surface area contributed by atoms with E-state index in [2.05, 4.69) is 24.5 Å². The van der Waals surface area contributed by atoms with Crippen LogP contribution in [-0.4, -0.2) is 42.0 Å². The molecule has 1 heterocycles. The number of halogens is 3. The fourth-order valence-corrected chi connectivity index (χ4v) is 4.25. The Hall–Kier alpha value is -1.76. The van der Waals surface area contributed by atoms with Crippen LogP contribution in [0.25, 0.3) is 0 Å². The van der Waals surface area contributed by atoms with Crippen molar-refractivity contribution in [2.75, 3.05) is 18.4 Å². The standard InChI is InChI=1S/C20H28F3N3O/c1-13-11-24-12-14(2)26(13)19(27)15-3-7-17(8-4-15)25-18-9-5-16(6-10-18)20(21,22)23/h5-6,9-10,13-15,17,24-25H,3-4,7-8,11-12H2,1-2H3/t13-,14+,15?,17?. The third-order valence-electron chi connectivity index (χ3n) is 5.74. The van der Waals surface area contributed by atoms with Crippen LogP contribution in [0.4, 0.5) is 18.9 Å². The van der Waals surface area contributed by atoms with E-state index in [9.17, 15) is 18.0 Å². The van der Waals surface area contributed by atoms with Crippen LogP contribution >= 0.6 is 0 Å². The van der Waals surface area contributed by atoms with E-state index in [0.717, 1.165) is 50.9 Å². The fourth-order valence-electron chi connectivity index (χ4n) is 4.25. The predicted octanol–water partition coefficient (Wildman–Crippen LogP) is 3.88. The number of hydrogen-bond acceptors (Lipinski definition) is 3. The number of benzene rings is 1. The lowest BCUT2D eigenvalue weighted by atomic mass is 9.84. The quantitative estimate of drug-likeness (QED) is 0.833. The smallest absolute Gasteiger partial charge is 0.382 e. The number of anilines is 1. The number of carbonyl (C=O) groups is 1. The van der Waals surface area contributed by atoms with Crippen molar-refractivity contribution >= 4 is 11.6 Å². The molecule has 1 aliphatic heterocycles. The number of carbonyl (C=O) groups excluding carboxylic acids is 1. The number of nitrogens with one attached hydrogen (secondary N) is 2. The van der Waals surface area contributed by atoms with E-state index >= 15 is 0 Å². The second-order valence-electron chi connectivity index (χ2n) is 7.87. The second kappa shape index (κ2) is 8.09. The zero-order valence-electron chi connectivity index (χ0n) is 15.9. The molecule has 1 aliphatic carbocycles. The maximum Gasteiger partial charge on any atom is 0.416 e. The third kappa shape index (κ3) is 4.75. The average Bonchev–Trinajstić information content (AvgIpc) is 2.62. The van der Waals surface area contributed by atoms with Crippen LogP contribution in [0, 0.1) is 5.92 Å². The van der Waals surface area contributed by atoms with Crippen LogP contribution in [0.1, 0.15) is 45.1 Å². The highest BCUT2D eigenvalue weighted by Gasteiger charge is 2.35. The summed E-state index contributed by atoms with van der Waals surface area (Å²) in [6.45, 7) is 5.83. The summed E-state index contributed by atoms with van der Waals surface area (Å²) in [5, 5.41) is 6.66. The normalized spacial score (nSPS) is 29.4. The molecule has 1 amide bonds. The van der Waals surface area contributed by atoms with Crippen molar-refractivity contribution in [1.29, 1.82) is 0 Å². The molecule has 3 rings (SSSR count). The Morgan fingerprint density at radius 3 is 2.11 bits per heavy atom. The summed E-state index contributed by atoms with van der Waals surface area (Å²) < 4.78 is 37.9. The minimum absolute atomic E-state index is 0.0543. The number of alkyl halides is 3. The molecule has 150 valence electrons. The SMILES string of the molecule is C[C@@H]1CNC[C@H](C)N1C(=O)C1CCC(Nc2ccc(C(F)(F)F)cc2)CC1. The van der Waals surface area contributed by atoms with E-state index in [1.165, 1.54) is 12.1 Å². The van der Waals surface area contributed by atoms with E-state index in [1.54, 1.807) is 0 Å². The summed E-state index contributed by atoms with van der Waals surface area (Å²) in [5.41, 5.74) is 0.0590. The Balaban J connectivity index is 1.52. The molecule has 2 aliphatic rings. The molecule has 4 nitrogen and oxygen atoms in total. The first-order valence-electron chi connectivity index (χ1n) is 9.72. The van der Waals surface area contributed by atoms with Gasteiger partial charge in [-0.1, -0.05) is 0 Å². The van der Waals surface area contributed by atoms with Crippen molar-refractivity contribution in [3.63, 3.8) is 0 Å². The van der Waals surface area contributed by atoms with Crippen molar-refractivity contribution < 1.29 is 18.0 Å². The Bertz CT molecular complexity index is 629. The third-order valence-corrected chi connectivity index (χ3v) is 5.74. The summed E-state index contributed by atoms with van der Waals surface area (Å²) in [6.07, 6.45) is -0.964. The highest BCUT2D eigenvalue weighted by atomic mass is 19.4. The molecule has 1 saturated heterocycles. The molecule has 0 bridgehead atoms. The van der Waals surface area contributed by atoms with Crippen LogP contribution in [0.15, 0.2) is 24.3 Å². The molecule has 1 aromatic rings. The lowest BCUT2D eigenvalue weighted by Gasteiger charge is -2.42. The Morgan fingerprint density at radius 2 is 1.59 bits per heavy atom.